The van der Waals surface area contributed by atoms with Gasteiger partial charge in [-0.15, -0.1) is 5.10 Å². The second-order valence-corrected chi connectivity index (χ2v) is 4.74. The lowest BCUT2D eigenvalue weighted by Gasteiger charge is -2.12. The molecule has 1 aromatic heterocycles. The molecule has 0 saturated heterocycles. The highest BCUT2D eigenvalue weighted by molar-refractivity contribution is 5.75. The molecule has 0 aliphatic rings. The summed E-state index contributed by atoms with van der Waals surface area (Å²) in [5.74, 6) is -0.105. The first-order chi connectivity index (χ1) is 7.82. The third-order valence-corrected chi connectivity index (χ3v) is 2.49. The topological polar surface area (TPSA) is 80.0 Å². The largest absolute Gasteiger partial charge is 0.384 e. The lowest BCUT2D eigenvalue weighted by molar-refractivity contribution is -0.122. The Morgan fingerprint density at radius 1 is 1.65 bits per heavy atom. The summed E-state index contributed by atoms with van der Waals surface area (Å²) in [6.45, 7) is 7.32. The van der Waals surface area contributed by atoms with Gasteiger partial charge in [-0.05, 0) is 27.2 Å². The Labute approximate surface area is 101 Å². The fourth-order valence-corrected chi connectivity index (χ4v) is 1.23. The van der Waals surface area contributed by atoms with Gasteiger partial charge in [0.15, 0.2) is 0 Å². The first-order valence-electron chi connectivity index (χ1n) is 5.75. The molecule has 0 saturated carbocycles. The minimum atomic E-state index is -1.04. The molecule has 0 aliphatic carbocycles. The number of nitrogens with one attached hydrogen (secondary N) is 1. The van der Waals surface area contributed by atoms with E-state index >= 15 is 0 Å². The summed E-state index contributed by atoms with van der Waals surface area (Å²) < 4.78 is 1.42. The van der Waals surface area contributed by atoms with Crippen molar-refractivity contribution in [3.8, 4) is 0 Å². The van der Waals surface area contributed by atoms with Gasteiger partial charge in [0.05, 0.1) is 6.20 Å². The van der Waals surface area contributed by atoms with Gasteiger partial charge in [0.25, 0.3) is 0 Å². The van der Waals surface area contributed by atoms with Crippen molar-refractivity contribution in [2.75, 3.05) is 0 Å². The molecular weight excluding hydrogens is 220 g/mol. The van der Waals surface area contributed by atoms with Gasteiger partial charge in [-0.1, -0.05) is 12.1 Å². The molecule has 6 nitrogen and oxygen atoms in total. The van der Waals surface area contributed by atoms with Crippen molar-refractivity contribution < 1.29 is 9.90 Å². The molecule has 0 aromatic carbocycles. The lowest BCUT2D eigenvalue weighted by Crippen LogP contribution is -2.34. The van der Waals surface area contributed by atoms with Crippen LogP contribution in [0.1, 0.15) is 39.8 Å². The van der Waals surface area contributed by atoms with E-state index in [4.69, 9.17) is 0 Å². The molecule has 0 aliphatic heterocycles. The summed E-state index contributed by atoms with van der Waals surface area (Å²) in [7, 11) is 0. The maximum atomic E-state index is 11.6. The molecular formula is C11H20N4O2. The minimum absolute atomic E-state index is 0.105. The van der Waals surface area contributed by atoms with Gasteiger partial charge in [-0.2, -0.15) is 0 Å². The Hall–Kier alpha value is -1.43. The lowest BCUT2D eigenvalue weighted by atomic mass is 10.1. The quantitative estimate of drug-likeness (QED) is 0.781. The molecule has 1 unspecified atom stereocenters. The van der Waals surface area contributed by atoms with E-state index in [1.54, 1.807) is 20.0 Å². The standard InChI is InChI=1S/C11H20N4O2/c1-5-8(2)12-10(16)7-15-6-9(13-14-15)11(3,4)17/h6,8,17H,5,7H2,1-4H3,(H,12,16). The van der Waals surface area contributed by atoms with Crippen LogP contribution in [0.3, 0.4) is 0 Å². The first kappa shape index (κ1) is 13.6. The van der Waals surface area contributed by atoms with Crippen molar-refractivity contribution in [1.82, 2.24) is 20.3 Å². The van der Waals surface area contributed by atoms with Crippen LogP contribution in [0.2, 0.25) is 0 Å². The number of hydrogen-bond acceptors (Lipinski definition) is 4. The van der Waals surface area contributed by atoms with E-state index in [1.165, 1.54) is 4.68 Å². The monoisotopic (exact) mass is 240 g/mol. The smallest absolute Gasteiger partial charge is 0.242 e. The van der Waals surface area contributed by atoms with Gasteiger partial charge in [-0.25, -0.2) is 4.68 Å². The number of carbonyl (C=O) groups is 1. The normalized spacial score (nSPS) is 13.5. The fourth-order valence-electron chi connectivity index (χ4n) is 1.23. The molecule has 1 heterocycles. The fraction of sp³-hybridized carbons (Fsp3) is 0.727. The third-order valence-electron chi connectivity index (χ3n) is 2.49. The summed E-state index contributed by atoms with van der Waals surface area (Å²) >= 11 is 0. The summed E-state index contributed by atoms with van der Waals surface area (Å²) in [5.41, 5.74) is -0.584. The maximum Gasteiger partial charge on any atom is 0.242 e. The Balaban J connectivity index is 2.58. The van der Waals surface area contributed by atoms with Crippen molar-refractivity contribution in [2.45, 2.75) is 52.3 Å². The van der Waals surface area contributed by atoms with Gasteiger partial charge in [-0.3, -0.25) is 4.79 Å². The second-order valence-electron chi connectivity index (χ2n) is 4.74. The molecule has 0 fully saturated rings. The van der Waals surface area contributed by atoms with Crippen LogP contribution in [0.25, 0.3) is 0 Å². The Morgan fingerprint density at radius 3 is 2.76 bits per heavy atom. The molecule has 0 spiro atoms. The Kier molecular flexibility index (Phi) is 4.22. The van der Waals surface area contributed by atoms with Crippen LogP contribution in [0.15, 0.2) is 6.20 Å². The highest BCUT2D eigenvalue weighted by Crippen LogP contribution is 2.15. The third kappa shape index (κ3) is 4.14. The SMILES string of the molecule is CCC(C)NC(=O)Cn1cc(C(C)(C)O)nn1. The number of aromatic nitrogens is 3. The van der Waals surface area contributed by atoms with E-state index in [0.29, 0.717) is 5.69 Å². The van der Waals surface area contributed by atoms with E-state index in [1.807, 2.05) is 13.8 Å². The van der Waals surface area contributed by atoms with Crippen LogP contribution < -0.4 is 5.32 Å². The van der Waals surface area contributed by atoms with Crippen molar-refractivity contribution in [2.24, 2.45) is 0 Å². The van der Waals surface area contributed by atoms with E-state index in [-0.39, 0.29) is 18.5 Å². The average Bonchev–Trinajstić information content (AvgIpc) is 2.65. The number of carbonyl (C=O) groups excluding carboxylic acids is 1. The molecule has 17 heavy (non-hydrogen) atoms. The van der Waals surface area contributed by atoms with Crippen LogP contribution in [0.5, 0.6) is 0 Å². The second kappa shape index (κ2) is 5.27. The molecule has 1 amide bonds. The van der Waals surface area contributed by atoms with E-state index in [9.17, 15) is 9.90 Å². The summed E-state index contributed by atoms with van der Waals surface area (Å²) in [5, 5.41) is 20.2. The van der Waals surface area contributed by atoms with Crippen molar-refractivity contribution >= 4 is 5.91 Å². The molecule has 0 bridgehead atoms. The molecule has 6 heteroatoms. The van der Waals surface area contributed by atoms with Crippen LogP contribution in [0.4, 0.5) is 0 Å². The Bertz CT molecular complexity index is 381. The first-order valence-corrected chi connectivity index (χ1v) is 5.75. The van der Waals surface area contributed by atoms with E-state index in [0.717, 1.165) is 6.42 Å². The highest BCUT2D eigenvalue weighted by atomic mass is 16.3. The van der Waals surface area contributed by atoms with E-state index < -0.39 is 5.60 Å². The zero-order chi connectivity index (χ0) is 13.1. The Morgan fingerprint density at radius 2 is 2.29 bits per heavy atom. The molecule has 0 radical (unpaired) electrons. The predicted octanol–water partition coefficient (Wildman–Crippen LogP) is 0.420. The van der Waals surface area contributed by atoms with Gasteiger partial charge in [0, 0.05) is 6.04 Å². The van der Waals surface area contributed by atoms with Gasteiger partial charge < -0.3 is 10.4 Å². The average molecular weight is 240 g/mol. The van der Waals surface area contributed by atoms with Crippen LogP contribution in [0, 0.1) is 0 Å². The summed E-state index contributed by atoms with van der Waals surface area (Å²) in [4.78, 5) is 11.6. The minimum Gasteiger partial charge on any atom is -0.384 e. The maximum absolute atomic E-state index is 11.6. The number of hydrogen-bond donors (Lipinski definition) is 2. The zero-order valence-corrected chi connectivity index (χ0v) is 10.8. The van der Waals surface area contributed by atoms with Gasteiger partial charge in [0.2, 0.25) is 5.91 Å². The van der Waals surface area contributed by atoms with Crippen molar-refractivity contribution in [3.63, 3.8) is 0 Å². The highest BCUT2D eigenvalue weighted by Gasteiger charge is 2.20. The van der Waals surface area contributed by atoms with Crippen LogP contribution in [-0.2, 0) is 16.9 Å². The number of amides is 1. The molecule has 96 valence electrons. The molecule has 1 atom stereocenters. The number of rotatable bonds is 5. The van der Waals surface area contributed by atoms with Gasteiger partial charge >= 0.3 is 0 Å². The van der Waals surface area contributed by atoms with E-state index in [2.05, 4.69) is 15.6 Å². The summed E-state index contributed by atoms with van der Waals surface area (Å²) in [6.07, 6.45) is 2.47. The van der Waals surface area contributed by atoms with Gasteiger partial charge in [0.1, 0.15) is 17.8 Å². The molecule has 2 N–H and O–H groups in total. The number of nitrogens with zero attached hydrogens (tertiary/aromatic N) is 3. The van der Waals surface area contributed by atoms with Crippen molar-refractivity contribution in [1.29, 1.82) is 0 Å². The molecule has 1 aromatic rings. The predicted molar refractivity (Wildman–Crippen MR) is 63.2 cm³/mol. The molecule has 1 rings (SSSR count). The van der Waals surface area contributed by atoms with Crippen LogP contribution >= 0.6 is 0 Å². The van der Waals surface area contributed by atoms with Crippen molar-refractivity contribution in [3.05, 3.63) is 11.9 Å². The van der Waals surface area contributed by atoms with Crippen LogP contribution in [-0.4, -0.2) is 32.0 Å². The zero-order valence-electron chi connectivity index (χ0n) is 10.8. The summed E-state index contributed by atoms with van der Waals surface area (Å²) in [6, 6.07) is 0.153. The number of aliphatic hydroxyl groups is 1.